The van der Waals surface area contributed by atoms with Crippen LogP contribution in [0.4, 0.5) is 0 Å². The standard InChI is InChI=1S/C20H14N2O2/c23-17-5-1-3-13-8-10-16(22-18(13)17)11-9-15-7-6-14-4-2-12-21-19(14)20(15)24/h1-12,23-24H/b11-9+. The van der Waals surface area contributed by atoms with E-state index in [-0.39, 0.29) is 11.5 Å². The second kappa shape index (κ2) is 5.66. The predicted molar refractivity (Wildman–Crippen MR) is 95.7 cm³/mol. The lowest BCUT2D eigenvalue weighted by molar-refractivity contribution is 0.479. The number of benzene rings is 2. The highest BCUT2D eigenvalue weighted by atomic mass is 16.3. The molecule has 0 saturated heterocycles. The first kappa shape index (κ1) is 14.2. The molecule has 0 radical (unpaired) electrons. The molecule has 0 saturated carbocycles. The molecule has 0 amide bonds. The Morgan fingerprint density at radius 3 is 2.46 bits per heavy atom. The average molecular weight is 314 g/mol. The summed E-state index contributed by atoms with van der Waals surface area (Å²) in [7, 11) is 0. The zero-order valence-corrected chi connectivity index (χ0v) is 12.7. The second-order valence-electron chi connectivity index (χ2n) is 5.50. The molecule has 4 aromatic rings. The smallest absolute Gasteiger partial charge is 0.149 e. The van der Waals surface area contributed by atoms with Crippen LogP contribution in [0.15, 0.2) is 60.8 Å². The van der Waals surface area contributed by atoms with E-state index in [1.807, 2.05) is 42.5 Å². The van der Waals surface area contributed by atoms with Gasteiger partial charge in [0.1, 0.15) is 22.5 Å². The summed E-state index contributed by atoms with van der Waals surface area (Å²) >= 11 is 0. The second-order valence-corrected chi connectivity index (χ2v) is 5.50. The summed E-state index contributed by atoms with van der Waals surface area (Å²) in [5, 5.41) is 22.0. The van der Waals surface area contributed by atoms with Gasteiger partial charge in [-0.1, -0.05) is 36.4 Å². The molecule has 2 N–H and O–H groups in total. The van der Waals surface area contributed by atoms with Gasteiger partial charge in [0, 0.05) is 22.5 Å². The molecule has 4 rings (SSSR count). The van der Waals surface area contributed by atoms with E-state index in [1.54, 1.807) is 30.5 Å². The number of aromatic hydroxyl groups is 2. The third kappa shape index (κ3) is 2.44. The Kier molecular flexibility index (Phi) is 3.35. The summed E-state index contributed by atoms with van der Waals surface area (Å²) in [5.74, 6) is 0.300. The molecule has 24 heavy (non-hydrogen) atoms. The molecule has 0 bridgehead atoms. The molecule has 0 fully saturated rings. The fraction of sp³-hybridized carbons (Fsp3) is 0. The molecule has 116 valence electrons. The van der Waals surface area contributed by atoms with E-state index in [9.17, 15) is 10.2 Å². The molecule has 2 aromatic heterocycles. The first-order valence-electron chi connectivity index (χ1n) is 7.56. The fourth-order valence-electron chi connectivity index (χ4n) is 2.69. The van der Waals surface area contributed by atoms with Gasteiger partial charge in [0.25, 0.3) is 0 Å². The molecule has 4 heteroatoms. The van der Waals surface area contributed by atoms with Gasteiger partial charge in [-0.15, -0.1) is 0 Å². The number of hydrogen-bond acceptors (Lipinski definition) is 4. The van der Waals surface area contributed by atoms with E-state index >= 15 is 0 Å². The number of phenolic OH excluding ortho intramolecular Hbond substituents is 2. The van der Waals surface area contributed by atoms with Crippen molar-refractivity contribution in [1.29, 1.82) is 0 Å². The molecule has 0 unspecified atom stereocenters. The van der Waals surface area contributed by atoms with Crippen molar-refractivity contribution < 1.29 is 10.2 Å². The Morgan fingerprint density at radius 2 is 1.54 bits per heavy atom. The van der Waals surface area contributed by atoms with E-state index in [1.165, 1.54) is 0 Å². The van der Waals surface area contributed by atoms with Gasteiger partial charge in [-0.3, -0.25) is 4.98 Å². The molecule has 0 atom stereocenters. The minimum Gasteiger partial charge on any atom is -0.506 e. The molecule has 2 aromatic carbocycles. The van der Waals surface area contributed by atoms with Crippen molar-refractivity contribution in [1.82, 2.24) is 9.97 Å². The molecular formula is C20H14N2O2. The summed E-state index contributed by atoms with van der Waals surface area (Å²) in [5.41, 5.74) is 2.50. The Balaban J connectivity index is 1.75. The Bertz CT molecular complexity index is 1090. The number of fused-ring (bicyclic) bond motifs is 2. The average Bonchev–Trinajstić information content (AvgIpc) is 2.62. The van der Waals surface area contributed by atoms with Gasteiger partial charge in [-0.2, -0.15) is 0 Å². The summed E-state index contributed by atoms with van der Waals surface area (Å²) in [6.45, 7) is 0. The SMILES string of the molecule is Oc1cccc2ccc(/C=C/c3ccc4cccnc4c3O)nc12. The quantitative estimate of drug-likeness (QED) is 0.577. The van der Waals surface area contributed by atoms with Gasteiger partial charge in [0.15, 0.2) is 0 Å². The maximum absolute atomic E-state index is 10.4. The summed E-state index contributed by atoms with van der Waals surface area (Å²) in [6, 6.07) is 16.6. The van der Waals surface area contributed by atoms with Crippen molar-refractivity contribution in [2.75, 3.05) is 0 Å². The van der Waals surface area contributed by atoms with Crippen LogP contribution in [-0.4, -0.2) is 20.2 Å². The van der Waals surface area contributed by atoms with Crippen molar-refractivity contribution >= 4 is 34.0 Å². The van der Waals surface area contributed by atoms with Crippen molar-refractivity contribution in [2.24, 2.45) is 0 Å². The van der Waals surface area contributed by atoms with Crippen LogP contribution in [0.3, 0.4) is 0 Å². The number of phenols is 2. The largest absolute Gasteiger partial charge is 0.506 e. The van der Waals surface area contributed by atoms with Crippen LogP contribution < -0.4 is 0 Å². The Morgan fingerprint density at radius 1 is 0.750 bits per heavy atom. The van der Waals surface area contributed by atoms with Crippen molar-refractivity contribution in [3.63, 3.8) is 0 Å². The van der Waals surface area contributed by atoms with E-state index in [4.69, 9.17) is 0 Å². The highest BCUT2D eigenvalue weighted by molar-refractivity contribution is 5.90. The van der Waals surface area contributed by atoms with Crippen LogP contribution in [-0.2, 0) is 0 Å². The van der Waals surface area contributed by atoms with Crippen LogP contribution in [0, 0.1) is 0 Å². The summed E-state index contributed by atoms with van der Waals surface area (Å²) in [6.07, 6.45) is 5.25. The van der Waals surface area contributed by atoms with Crippen LogP contribution in [0.1, 0.15) is 11.3 Å². The Labute approximate surface area is 138 Å². The third-order valence-electron chi connectivity index (χ3n) is 3.93. The molecule has 4 nitrogen and oxygen atoms in total. The lowest BCUT2D eigenvalue weighted by atomic mass is 10.1. The number of aromatic nitrogens is 2. The third-order valence-corrected chi connectivity index (χ3v) is 3.93. The van der Waals surface area contributed by atoms with E-state index < -0.39 is 0 Å². The van der Waals surface area contributed by atoms with Gasteiger partial charge in [-0.05, 0) is 30.4 Å². The number of pyridine rings is 2. The maximum atomic E-state index is 10.4. The van der Waals surface area contributed by atoms with Crippen molar-refractivity contribution in [2.45, 2.75) is 0 Å². The van der Waals surface area contributed by atoms with Gasteiger partial charge in [-0.25, -0.2) is 4.98 Å². The molecule has 0 aliphatic carbocycles. The molecular weight excluding hydrogens is 300 g/mol. The van der Waals surface area contributed by atoms with Crippen LogP contribution >= 0.6 is 0 Å². The maximum Gasteiger partial charge on any atom is 0.149 e. The number of hydrogen-bond donors (Lipinski definition) is 2. The highest BCUT2D eigenvalue weighted by Crippen LogP contribution is 2.28. The fourth-order valence-corrected chi connectivity index (χ4v) is 2.69. The van der Waals surface area contributed by atoms with Gasteiger partial charge >= 0.3 is 0 Å². The monoisotopic (exact) mass is 314 g/mol. The number of nitrogens with zero attached hydrogens (tertiary/aromatic N) is 2. The van der Waals surface area contributed by atoms with E-state index in [0.29, 0.717) is 22.3 Å². The summed E-state index contributed by atoms with van der Waals surface area (Å²) < 4.78 is 0. The number of rotatable bonds is 2. The van der Waals surface area contributed by atoms with Gasteiger partial charge in [0.2, 0.25) is 0 Å². The predicted octanol–water partition coefficient (Wildman–Crippen LogP) is 4.36. The minimum absolute atomic E-state index is 0.146. The van der Waals surface area contributed by atoms with Crippen molar-refractivity contribution in [3.05, 3.63) is 72.1 Å². The zero-order chi connectivity index (χ0) is 16.5. The topological polar surface area (TPSA) is 66.2 Å². The lowest BCUT2D eigenvalue weighted by Crippen LogP contribution is -1.85. The molecule has 2 heterocycles. The zero-order valence-electron chi connectivity index (χ0n) is 12.7. The molecule has 0 aliphatic rings. The molecule has 0 aliphatic heterocycles. The first-order valence-corrected chi connectivity index (χ1v) is 7.56. The van der Waals surface area contributed by atoms with Crippen LogP contribution in [0.5, 0.6) is 11.5 Å². The molecule has 0 spiro atoms. The Hall–Kier alpha value is -3.40. The van der Waals surface area contributed by atoms with Gasteiger partial charge in [0.05, 0.1) is 5.69 Å². The number of para-hydroxylation sites is 1. The lowest BCUT2D eigenvalue weighted by Gasteiger charge is -2.04. The van der Waals surface area contributed by atoms with Crippen LogP contribution in [0.25, 0.3) is 34.0 Å². The summed E-state index contributed by atoms with van der Waals surface area (Å²) in [4.78, 5) is 8.66. The van der Waals surface area contributed by atoms with E-state index in [2.05, 4.69) is 9.97 Å². The van der Waals surface area contributed by atoms with Crippen molar-refractivity contribution in [3.8, 4) is 11.5 Å². The normalized spacial score (nSPS) is 11.5. The minimum atomic E-state index is 0.146. The first-order chi connectivity index (χ1) is 11.7. The van der Waals surface area contributed by atoms with E-state index in [0.717, 1.165) is 10.8 Å². The van der Waals surface area contributed by atoms with Crippen LogP contribution in [0.2, 0.25) is 0 Å². The van der Waals surface area contributed by atoms with Gasteiger partial charge < -0.3 is 10.2 Å². The highest BCUT2D eigenvalue weighted by Gasteiger charge is 2.05.